The maximum atomic E-state index is 4.47. The predicted molar refractivity (Wildman–Crippen MR) is 66.0 cm³/mol. The summed E-state index contributed by atoms with van der Waals surface area (Å²) >= 11 is 4.47. The highest BCUT2D eigenvalue weighted by Gasteiger charge is 2.03. The van der Waals surface area contributed by atoms with Crippen molar-refractivity contribution < 1.29 is 0 Å². The van der Waals surface area contributed by atoms with Crippen LogP contribution in [0.3, 0.4) is 0 Å². The Morgan fingerprint density at radius 1 is 1.21 bits per heavy atom. The van der Waals surface area contributed by atoms with Crippen molar-refractivity contribution in [2.45, 2.75) is 11.8 Å². The van der Waals surface area contributed by atoms with Gasteiger partial charge < -0.3 is 0 Å². The number of fused-ring (bicyclic) bond motifs is 1. The van der Waals surface area contributed by atoms with Gasteiger partial charge in [0.15, 0.2) is 0 Å². The number of thiol groups is 1. The molecule has 0 atom stereocenters. The molecule has 1 heteroatoms. The number of hydrogen-bond acceptors (Lipinski definition) is 1. The highest BCUT2D eigenvalue weighted by molar-refractivity contribution is 7.80. The largest absolute Gasteiger partial charge is 0.143 e. The summed E-state index contributed by atoms with van der Waals surface area (Å²) < 4.78 is 0. The summed E-state index contributed by atoms with van der Waals surface area (Å²) in [5.41, 5.74) is 2.43. The molecule has 0 heterocycles. The number of rotatable bonds is 1. The van der Waals surface area contributed by atoms with Gasteiger partial charge in [-0.25, -0.2) is 0 Å². The van der Waals surface area contributed by atoms with E-state index in [1.807, 2.05) is 12.1 Å². The minimum atomic E-state index is 1.01. The molecule has 2 aromatic carbocycles. The van der Waals surface area contributed by atoms with Crippen LogP contribution < -0.4 is 0 Å². The molecule has 0 saturated heterocycles. The van der Waals surface area contributed by atoms with Crippen LogP contribution in [0.2, 0.25) is 0 Å². The summed E-state index contributed by atoms with van der Waals surface area (Å²) in [6.07, 6.45) is 1.88. The molecule has 0 N–H and O–H groups in total. The number of hydrogen-bond donors (Lipinski definition) is 1. The lowest BCUT2D eigenvalue weighted by Gasteiger charge is -2.08. The summed E-state index contributed by atoms with van der Waals surface area (Å²) in [5.74, 6) is 0. The third-order valence-corrected chi connectivity index (χ3v) is 2.92. The van der Waals surface area contributed by atoms with Crippen LogP contribution in [0.25, 0.3) is 16.8 Å². The van der Waals surface area contributed by atoms with E-state index in [-0.39, 0.29) is 0 Å². The monoisotopic (exact) mass is 200 g/mol. The van der Waals surface area contributed by atoms with Gasteiger partial charge in [0.05, 0.1) is 0 Å². The number of benzene rings is 2. The molecule has 0 saturated carbocycles. The minimum Gasteiger partial charge on any atom is -0.143 e. The Balaban J connectivity index is 2.94. The molecule has 0 fully saturated rings. The van der Waals surface area contributed by atoms with Crippen molar-refractivity contribution in [2.24, 2.45) is 0 Å². The molecule has 0 amide bonds. The lowest BCUT2D eigenvalue weighted by molar-refractivity contribution is 1.43. The smallest absolute Gasteiger partial charge is 0.0125 e. The van der Waals surface area contributed by atoms with Crippen LogP contribution in [-0.4, -0.2) is 0 Å². The van der Waals surface area contributed by atoms with E-state index in [1.165, 1.54) is 16.3 Å². The second-order valence-corrected chi connectivity index (χ2v) is 3.84. The molecule has 70 valence electrons. The highest BCUT2D eigenvalue weighted by Crippen LogP contribution is 2.28. The molecule has 0 nitrogen and oxygen atoms in total. The predicted octanol–water partition coefficient (Wildman–Crippen LogP) is 4.08. The van der Waals surface area contributed by atoms with Crippen molar-refractivity contribution in [1.82, 2.24) is 0 Å². The SMILES string of the molecule is C=Cc1cc(S)c2ccccc2c1C. The Morgan fingerprint density at radius 2 is 1.86 bits per heavy atom. The van der Waals surface area contributed by atoms with Gasteiger partial charge in [-0.05, 0) is 34.9 Å². The van der Waals surface area contributed by atoms with Gasteiger partial charge in [-0.2, -0.15) is 0 Å². The standard InChI is InChI=1S/C13H12S/c1-3-10-8-13(14)12-7-5-4-6-11(12)9(10)2/h3-8,14H,1H2,2H3. The zero-order chi connectivity index (χ0) is 10.1. The first-order chi connectivity index (χ1) is 6.74. The molecule has 0 bridgehead atoms. The van der Waals surface area contributed by atoms with Gasteiger partial charge in [0, 0.05) is 4.90 Å². The molecule has 0 aliphatic rings. The first-order valence-electron chi connectivity index (χ1n) is 4.58. The summed E-state index contributed by atoms with van der Waals surface area (Å²) in [6, 6.07) is 10.4. The van der Waals surface area contributed by atoms with Crippen molar-refractivity contribution in [3.63, 3.8) is 0 Å². The van der Waals surface area contributed by atoms with Crippen molar-refractivity contribution >= 4 is 29.5 Å². The molecular weight excluding hydrogens is 188 g/mol. The van der Waals surface area contributed by atoms with Crippen LogP contribution in [-0.2, 0) is 0 Å². The molecule has 0 aromatic heterocycles. The van der Waals surface area contributed by atoms with Gasteiger partial charge in [0.1, 0.15) is 0 Å². The summed E-state index contributed by atoms with van der Waals surface area (Å²) in [5, 5.41) is 2.47. The quantitative estimate of drug-likeness (QED) is 0.659. The van der Waals surface area contributed by atoms with Gasteiger partial charge in [-0.3, -0.25) is 0 Å². The normalized spacial score (nSPS) is 10.4. The third kappa shape index (κ3) is 1.34. The van der Waals surface area contributed by atoms with E-state index >= 15 is 0 Å². The molecule has 0 spiro atoms. The molecular formula is C13H12S. The first kappa shape index (κ1) is 9.35. The molecule has 0 aliphatic carbocycles. The van der Waals surface area contributed by atoms with Crippen LogP contribution in [0, 0.1) is 6.92 Å². The van der Waals surface area contributed by atoms with Crippen molar-refractivity contribution in [3.05, 3.63) is 48.0 Å². The molecule has 0 aliphatic heterocycles. The summed E-state index contributed by atoms with van der Waals surface area (Å²) in [6.45, 7) is 5.92. The molecule has 2 aromatic rings. The summed E-state index contributed by atoms with van der Waals surface area (Å²) in [7, 11) is 0. The zero-order valence-electron chi connectivity index (χ0n) is 8.12. The maximum Gasteiger partial charge on any atom is 0.0125 e. The first-order valence-corrected chi connectivity index (χ1v) is 5.02. The maximum absolute atomic E-state index is 4.47. The lowest BCUT2D eigenvalue weighted by atomic mass is 10.0. The molecule has 14 heavy (non-hydrogen) atoms. The minimum absolute atomic E-state index is 1.01. The Kier molecular flexibility index (Phi) is 2.34. The molecule has 2 rings (SSSR count). The van der Waals surface area contributed by atoms with Gasteiger partial charge in [0.2, 0.25) is 0 Å². The van der Waals surface area contributed by atoms with Gasteiger partial charge in [-0.15, -0.1) is 12.6 Å². The van der Waals surface area contributed by atoms with Crippen LogP contribution in [0.4, 0.5) is 0 Å². The van der Waals surface area contributed by atoms with Crippen molar-refractivity contribution in [1.29, 1.82) is 0 Å². The van der Waals surface area contributed by atoms with E-state index in [4.69, 9.17) is 0 Å². The lowest BCUT2D eigenvalue weighted by Crippen LogP contribution is -1.85. The second kappa shape index (κ2) is 3.50. The van der Waals surface area contributed by atoms with E-state index in [9.17, 15) is 0 Å². The van der Waals surface area contributed by atoms with Crippen LogP contribution in [0.1, 0.15) is 11.1 Å². The zero-order valence-corrected chi connectivity index (χ0v) is 9.01. The average Bonchev–Trinajstić information content (AvgIpc) is 2.23. The van der Waals surface area contributed by atoms with E-state index in [0.29, 0.717) is 0 Å². The molecule has 0 radical (unpaired) electrons. The second-order valence-electron chi connectivity index (χ2n) is 3.36. The topological polar surface area (TPSA) is 0 Å². The Hall–Kier alpha value is -1.21. The van der Waals surface area contributed by atoms with Crippen LogP contribution in [0.5, 0.6) is 0 Å². The number of aryl methyl sites for hydroxylation is 1. The Morgan fingerprint density at radius 3 is 2.50 bits per heavy atom. The van der Waals surface area contributed by atoms with Gasteiger partial charge >= 0.3 is 0 Å². The van der Waals surface area contributed by atoms with E-state index in [1.54, 1.807) is 0 Å². The average molecular weight is 200 g/mol. The Bertz CT molecular complexity index is 498. The fraction of sp³-hybridized carbons (Fsp3) is 0.0769. The fourth-order valence-corrected chi connectivity index (χ4v) is 2.07. The molecule has 0 unspecified atom stereocenters. The van der Waals surface area contributed by atoms with E-state index < -0.39 is 0 Å². The van der Waals surface area contributed by atoms with Gasteiger partial charge in [0.25, 0.3) is 0 Å². The van der Waals surface area contributed by atoms with E-state index in [2.05, 4.69) is 50.4 Å². The van der Waals surface area contributed by atoms with Crippen LogP contribution in [0.15, 0.2) is 41.8 Å². The fourth-order valence-electron chi connectivity index (χ4n) is 1.73. The van der Waals surface area contributed by atoms with Crippen molar-refractivity contribution in [3.8, 4) is 0 Å². The van der Waals surface area contributed by atoms with Crippen LogP contribution >= 0.6 is 12.6 Å². The van der Waals surface area contributed by atoms with Gasteiger partial charge in [-0.1, -0.05) is 36.9 Å². The van der Waals surface area contributed by atoms with Crippen molar-refractivity contribution in [2.75, 3.05) is 0 Å². The Labute approximate surface area is 89.7 Å². The highest BCUT2D eigenvalue weighted by atomic mass is 32.1. The third-order valence-electron chi connectivity index (χ3n) is 2.55. The van der Waals surface area contributed by atoms with E-state index in [0.717, 1.165) is 10.5 Å². The summed E-state index contributed by atoms with van der Waals surface area (Å²) in [4.78, 5) is 1.01.